The first kappa shape index (κ1) is 18.8. The number of carbonyl (C=O) groups excluding carboxylic acids is 1. The molecule has 1 aliphatic heterocycles. The lowest BCUT2D eigenvalue weighted by Gasteiger charge is -2.25. The third-order valence-corrected chi connectivity index (χ3v) is 6.19. The molecule has 0 unspecified atom stereocenters. The molecule has 154 valence electrons. The maximum absolute atomic E-state index is 13.6. The van der Waals surface area contributed by atoms with Crippen LogP contribution in [-0.2, 0) is 0 Å². The topological polar surface area (TPSA) is 89.1 Å². The van der Waals surface area contributed by atoms with Gasteiger partial charge in [0.15, 0.2) is 5.82 Å². The number of aliphatic imine (C=N–C) groups is 1. The Balaban J connectivity index is 1.89. The van der Waals surface area contributed by atoms with Crippen molar-refractivity contribution in [1.82, 2.24) is 14.5 Å². The average molecular weight is 405 g/mol. The number of imidazole rings is 1. The second-order valence-corrected chi connectivity index (χ2v) is 8.04. The first-order valence-corrected chi connectivity index (χ1v) is 10.5. The molecule has 0 saturated heterocycles. The van der Waals surface area contributed by atoms with Crippen LogP contribution in [0.4, 0.5) is 10.2 Å². The van der Waals surface area contributed by atoms with Gasteiger partial charge in [0.05, 0.1) is 10.7 Å². The van der Waals surface area contributed by atoms with Crippen molar-refractivity contribution < 1.29 is 9.18 Å². The van der Waals surface area contributed by atoms with Gasteiger partial charge in [-0.1, -0.05) is 25.3 Å². The van der Waals surface area contributed by atoms with E-state index in [-0.39, 0.29) is 17.7 Å². The number of primary amides is 1. The number of aromatic nitrogens is 3. The van der Waals surface area contributed by atoms with Gasteiger partial charge in [0.2, 0.25) is 0 Å². The van der Waals surface area contributed by atoms with Crippen LogP contribution in [0, 0.1) is 0 Å². The van der Waals surface area contributed by atoms with Crippen LogP contribution in [0.1, 0.15) is 67.2 Å². The van der Waals surface area contributed by atoms with Crippen LogP contribution in [0.5, 0.6) is 0 Å². The van der Waals surface area contributed by atoms with Crippen molar-refractivity contribution in [2.75, 3.05) is 0 Å². The lowest BCUT2D eigenvalue weighted by Crippen LogP contribution is -2.38. The van der Waals surface area contributed by atoms with Crippen LogP contribution < -0.4 is 16.4 Å². The van der Waals surface area contributed by atoms with Crippen LogP contribution in [0.3, 0.4) is 0 Å². The van der Waals surface area contributed by atoms with Gasteiger partial charge in [-0.15, -0.1) is 0 Å². The number of amides is 1. The number of allylic oxidation sites excluding steroid dienone is 4. The summed E-state index contributed by atoms with van der Waals surface area (Å²) < 4.78 is 15.7. The molecule has 1 saturated carbocycles. The van der Waals surface area contributed by atoms with Crippen molar-refractivity contribution in [2.45, 2.75) is 51.0 Å². The molecule has 6 nitrogen and oxygen atoms in total. The maximum Gasteiger partial charge on any atom is 0.284 e. The van der Waals surface area contributed by atoms with Gasteiger partial charge in [-0.2, -0.15) is 0 Å². The Labute approximate surface area is 173 Å². The Morgan fingerprint density at radius 1 is 1.20 bits per heavy atom. The Hall–Kier alpha value is -3.22. The third-order valence-electron chi connectivity index (χ3n) is 6.19. The fraction of sp³-hybridized carbons (Fsp3) is 0.348. The molecule has 2 aromatic heterocycles. The average Bonchev–Trinajstić information content (AvgIpc) is 3.40. The van der Waals surface area contributed by atoms with Crippen LogP contribution in [-0.4, -0.2) is 26.7 Å². The van der Waals surface area contributed by atoms with Gasteiger partial charge in [-0.25, -0.2) is 14.4 Å². The molecular weight excluding hydrogens is 381 g/mol. The minimum Gasteiger partial charge on any atom is -0.363 e. The molecule has 1 fully saturated rings. The largest absolute Gasteiger partial charge is 0.363 e. The minimum absolute atomic E-state index is 0.173. The van der Waals surface area contributed by atoms with Crippen LogP contribution in [0.2, 0.25) is 0 Å². The van der Waals surface area contributed by atoms with E-state index < -0.39 is 5.91 Å². The normalized spacial score (nSPS) is 22.8. The van der Waals surface area contributed by atoms with Crippen molar-refractivity contribution in [2.24, 2.45) is 10.7 Å². The SMILES string of the molecule is NC(=O)c1nc(=C2C=CC(F)=CC2)c(=C2CC=Nc3[nH]ccc32)n1C1CCCCC1. The monoisotopic (exact) mass is 405 g/mol. The molecule has 30 heavy (non-hydrogen) atoms. The number of carbonyl (C=O) groups is 1. The predicted octanol–water partition coefficient (Wildman–Crippen LogP) is 3.08. The van der Waals surface area contributed by atoms with Gasteiger partial charge in [-0.05, 0) is 48.6 Å². The van der Waals surface area contributed by atoms with Gasteiger partial charge in [0.25, 0.3) is 5.91 Å². The van der Waals surface area contributed by atoms with E-state index in [4.69, 9.17) is 10.7 Å². The first-order valence-electron chi connectivity index (χ1n) is 10.5. The molecule has 0 aromatic carbocycles. The molecule has 0 radical (unpaired) electrons. The minimum atomic E-state index is -0.533. The van der Waals surface area contributed by atoms with Crippen LogP contribution in [0.25, 0.3) is 11.1 Å². The Morgan fingerprint density at radius 3 is 2.77 bits per heavy atom. The van der Waals surface area contributed by atoms with Crippen molar-refractivity contribution >= 4 is 29.1 Å². The zero-order chi connectivity index (χ0) is 20.7. The van der Waals surface area contributed by atoms with E-state index in [0.717, 1.165) is 53.6 Å². The van der Waals surface area contributed by atoms with Gasteiger partial charge < -0.3 is 15.3 Å². The molecule has 0 spiro atoms. The molecule has 2 aliphatic carbocycles. The Bertz CT molecular complexity index is 1220. The van der Waals surface area contributed by atoms with Crippen molar-refractivity contribution in [3.63, 3.8) is 0 Å². The number of nitrogens with zero attached hydrogens (tertiary/aromatic N) is 3. The number of H-pyrrole nitrogens is 1. The molecule has 0 atom stereocenters. The molecule has 5 rings (SSSR count). The quantitative estimate of drug-likeness (QED) is 0.804. The summed E-state index contributed by atoms with van der Waals surface area (Å²) in [6, 6.07) is 2.18. The highest BCUT2D eigenvalue weighted by Crippen LogP contribution is 2.31. The van der Waals surface area contributed by atoms with E-state index in [1.165, 1.54) is 18.6 Å². The van der Waals surface area contributed by atoms with Crippen LogP contribution >= 0.6 is 0 Å². The number of hydrogen-bond donors (Lipinski definition) is 2. The third kappa shape index (κ3) is 3.14. The van der Waals surface area contributed by atoms with E-state index in [9.17, 15) is 9.18 Å². The number of fused-ring (bicyclic) bond motifs is 1. The molecule has 3 aliphatic rings. The number of rotatable bonds is 2. The van der Waals surface area contributed by atoms with Crippen molar-refractivity contribution in [1.29, 1.82) is 0 Å². The zero-order valence-corrected chi connectivity index (χ0v) is 16.7. The summed E-state index contributed by atoms with van der Waals surface area (Å²) in [5.74, 6) is 0.298. The Morgan fingerprint density at radius 2 is 2.03 bits per heavy atom. The molecule has 7 heteroatoms. The highest BCUT2D eigenvalue weighted by molar-refractivity contribution is 5.91. The predicted molar refractivity (Wildman–Crippen MR) is 115 cm³/mol. The van der Waals surface area contributed by atoms with Crippen molar-refractivity contribution in [3.05, 3.63) is 58.4 Å². The lowest BCUT2D eigenvalue weighted by molar-refractivity contribution is 0.0981. The fourth-order valence-corrected chi connectivity index (χ4v) is 4.79. The standard InChI is InChI=1S/C23H24FN5O/c24-15-8-6-14(7-9-15)19-20(17-10-12-26-22-18(17)11-13-27-22)29(23(28-19)21(25)30)16-4-2-1-3-5-16/h6,8-9,11-13,16,27H,1-5,7,10H2,(H2,25,30). The summed E-state index contributed by atoms with van der Waals surface area (Å²) in [7, 11) is 0. The van der Waals surface area contributed by atoms with Crippen LogP contribution in [0.15, 0.2) is 41.3 Å². The smallest absolute Gasteiger partial charge is 0.284 e. The molecule has 2 aromatic rings. The van der Waals surface area contributed by atoms with Gasteiger partial charge in [0, 0.05) is 30.4 Å². The lowest BCUT2D eigenvalue weighted by atomic mass is 9.94. The Kier molecular flexibility index (Phi) is 4.73. The summed E-state index contributed by atoms with van der Waals surface area (Å²) in [4.78, 5) is 24.8. The van der Waals surface area contributed by atoms with Gasteiger partial charge >= 0.3 is 0 Å². The van der Waals surface area contributed by atoms with E-state index in [2.05, 4.69) is 14.5 Å². The molecule has 3 N–H and O–H groups in total. The molecule has 0 bridgehead atoms. The molecule has 3 heterocycles. The molecule has 1 amide bonds. The van der Waals surface area contributed by atoms with Crippen molar-refractivity contribution in [3.8, 4) is 0 Å². The zero-order valence-electron chi connectivity index (χ0n) is 16.7. The van der Waals surface area contributed by atoms with E-state index >= 15 is 0 Å². The number of nitrogens with two attached hydrogens (primary N) is 1. The van der Waals surface area contributed by atoms with Gasteiger partial charge in [0.1, 0.15) is 11.6 Å². The number of nitrogens with one attached hydrogen (secondary N) is 1. The number of hydrogen-bond acceptors (Lipinski definition) is 3. The summed E-state index contributed by atoms with van der Waals surface area (Å²) >= 11 is 0. The molecular formula is C23H24FN5O. The van der Waals surface area contributed by atoms with E-state index in [1.54, 1.807) is 6.08 Å². The number of halogens is 1. The highest BCUT2D eigenvalue weighted by Gasteiger charge is 2.26. The van der Waals surface area contributed by atoms with E-state index in [1.807, 2.05) is 18.5 Å². The highest BCUT2D eigenvalue weighted by atomic mass is 19.1. The van der Waals surface area contributed by atoms with Gasteiger partial charge in [-0.3, -0.25) is 4.79 Å². The maximum atomic E-state index is 13.6. The number of aromatic amines is 1. The second-order valence-electron chi connectivity index (χ2n) is 8.04. The summed E-state index contributed by atoms with van der Waals surface area (Å²) in [6.45, 7) is 0. The van der Waals surface area contributed by atoms with E-state index in [0.29, 0.717) is 18.2 Å². The summed E-state index contributed by atoms with van der Waals surface area (Å²) in [5.41, 5.74) is 8.76. The fourth-order valence-electron chi connectivity index (χ4n) is 4.79. The first-order chi connectivity index (χ1) is 14.6. The summed E-state index contributed by atoms with van der Waals surface area (Å²) in [6.07, 6.45) is 15.0. The second kappa shape index (κ2) is 7.55. The summed E-state index contributed by atoms with van der Waals surface area (Å²) in [5, 5.41) is 1.63.